The fourth-order valence-electron chi connectivity index (χ4n) is 1.37. The first-order valence-electron chi connectivity index (χ1n) is 4.84. The van der Waals surface area contributed by atoms with E-state index in [0.29, 0.717) is 16.6 Å². The number of nitrogens with zero attached hydrogens (tertiary/aromatic N) is 2. The maximum absolute atomic E-state index is 10.9. The van der Waals surface area contributed by atoms with Gasteiger partial charge in [0.25, 0.3) is 5.69 Å². The third kappa shape index (κ3) is 2.12. The van der Waals surface area contributed by atoms with Crippen molar-refractivity contribution < 1.29 is 14.5 Å². The van der Waals surface area contributed by atoms with Crippen molar-refractivity contribution in [1.82, 2.24) is 10.2 Å². The summed E-state index contributed by atoms with van der Waals surface area (Å²) in [6, 6.07) is 4.20. The highest BCUT2D eigenvalue weighted by Gasteiger charge is 2.10. The quantitative estimate of drug-likeness (QED) is 0.349. The lowest BCUT2D eigenvalue weighted by molar-refractivity contribution is -0.384. The normalized spacial score (nSPS) is 9.61. The Balaban J connectivity index is 2.45. The molecule has 0 saturated carbocycles. The van der Waals surface area contributed by atoms with Gasteiger partial charge in [0.2, 0.25) is 0 Å². The molecule has 0 aliphatic rings. The van der Waals surface area contributed by atoms with Crippen LogP contribution in [0.15, 0.2) is 18.2 Å². The Morgan fingerprint density at radius 1 is 1.56 bits per heavy atom. The first-order chi connectivity index (χ1) is 8.61. The highest BCUT2D eigenvalue weighted by Crippen LogP contribution is 2.20. The zero-order chi connectivity index (χ0) is 13.1. The second-order valence-electron chi connectivity index (χ2n) is 3.30. The summed E-state index contributed by atoms with van der Waals surface area (Å²) in [5.74, 6) is 4.14. The zero-order valence-corrected chi connectivity index (χ0v) is 9.26. The van der Waals surface area contributed by atoms with Crippen molar-refractivity contribution in [3.63, 3.8) is 0 Å². The highest BCUT2D eigenvalue weighted by molar-refractivity contribution is 5.91. The number of H-pyrrole nitrogens is 1. The summed E-state index contributed by atoms with van der Waals surface area (Å²) >= 11 is 0. The third-order valence-electron chi connectivity index (χ3n) is 2.22. The molecule has 1 heterocycles. The van der Waals surface area contributed by atoms with E-state index in [-0.39, 0.29) is 5.69 Å². The van der Waals surface area contributed by atoms with Crippen LogP contribution in [-0.2, 0) is 9.53 Å². The van der Waals surface area contributed by atoms with Crippen molar-refractivity contribution in [3.05, 3.63) is 34.0 Å². The smallest absolute Gasteiger partial charge is 0.384 e. The molecule has 0 amide bonds. The van der Waals surface area contributed by atoms with Crippen molar-refractivity contribution in [3.8, 4) is 11.8 Å². The number of nitro groups is 1. The number of rotatable bonds is 1. The molecular formula is C11H7N3O4. The van der Waals surface area contributed by atoms with E-state index in [1.54, 1.807) is 0 Å². The Morgan fingerprint density at radius 3 is 3.00 bits per heavy atom. The number of carbonyl (C=O) groups is 1. The molecule has 1 aromatic carbocycles. The van der Waals surface area contributed by atoms with Gasteiger partial charge in [-0.1, -0.05) is 0 Å². The van der Waals surface area contributed by atoms with E-state index in [0.717, 1.165) is 0 Å². The number of hydrogen-bond donors (Lipinski definition) is 1. The molecule has 18 heavy (non-hydrogen) atoms. The summed E-state index contributed by atoms with van der Waals surface area (Å²) in [6.45, 7) is 0. The van der Waals surface area contributed by atoms with E-state index in [2.05, 4.69) is 26.8 Å². The van der Waals surface area contributed by atoms with Crippen LogP contribution in [0.5, 0.6) is 0 Å². The SMILES string of the molecule is COC(=O)C#Cc1[nH]nc2cc([N+](=O)[O-])ccc12. The number of fused-ring (bicyclic) bond motifs is 1. The van der Waals surface area contributed by atoms with Gasteiger partial charge in [-0.05, 0) is 12.0 Å². The van der Waals surface area contributed by atoms with Gasteiger partial charge in [0, 0.05) is 23.4 Å². The third-order valence-corrected chi connectivity index (χ3v) is 2.22. The van der Waals surface area contributed by atoms with Crippen LogP contribution in [0.25, 0.3) is 10.9 Å². The second-order valence-corrected chi connectivity index (χ2v) is 3.30. The molecule has 1 N–H and O–H groups in total. The van der Waals surface area contributed by atoms with Crippen LogP contribution in [0.4, 0.5) is 5.69 Å². The summed E-state index contributed by atoms with van der Waals surface area (Å²) in [4.78, 5) is 20.9. The Kier molecular flexibility index (Phi) is 2.93. The maximum atomic E-state index is 10.9. The molecule has 0 unspecified atom stereocenters. The lowest BCUT2D eigenvalue weighted by Crippen LogP contribution is -1.94. The van der Waals surface area contributed by atoms with E-state index in [4.69, 9.17) is 0 Å². The monoisotopic (exact) mass is 245 g/mol. The molecule has 0 aliphatic heterocycles. The highest BCUT2D eigenvalue weighted by atomic mass is 16.6. The fourth-order valence-corrected chi connectivity index (χ4v) is 1.37. The lowest BCUT2D eigenvalue weighted by Gasteiger charge is -1.90. The predicted octanol–water partition coefficient (Wildman–Crippen LogP) is 0.996. The predicted molar refractivity (Wildman–Crippen MR) is 61.6 cm³/mol. The summed E-state index contributed by atoms with van der Waals surface area (Å²) in [5, 5.41) is 17.7. The van der Waals surface area contributed by atoms with Gasteiger partial charge in [0.15, 0.2) is 0 Å². The van der Waals surface area contributed by atoms with Crippen LogP contribution in [0, 0.1) is 22.0 Å². The van der Waals surface area contributed by atoms with Crippen molar-refractivity contribution in [2.45, 2.75) is 0 Å². The summed E-state index contributed by atoms with van der Waals surface area (Å²) in [5.41, 5.74) is 0.769. The number of nitrogens with one attached hydrogen (secondary N) is 1. The average molecular weight is 245 g/mol. The minimum atomic E-state index is -0.667. The van der Waals surface area contributed by atoms with E-state index in [9.17, 15) is 14.9 Å². The number of methoxy groups -OCH3 is 1. The van der Waals surface area contributed by atoms with Gasteiger partial charge in [0.05, 0.1) is 12.0 Å². The van der Waals surface area contributed by atoms with Crippen molar-refractivity contribution in [2.75, 3.05) is 7.11 Å². The molecule has 0 saturated heterocycles. The van der Waals surface area contributed by atoms with Crippen LogP contribution < -0.4 is 0 Å². The molecule has 2 aromatic rings. The van der Waals surface area contributed by atoms with Crippen LogP contribution in [0.3, 0.4) is 0 Å². The van der Waals surface area contributed by atoms with Crippen molar-refractivity contribution in [1.29, 1.82) is 0 Å². The summed E-state index contributed by atoms with van der Waals surface area (Å²) in [6.07, 6.45) is 0. The summed E-state index contributed by atoms with van der Waals surface area (Å²) in [7, 11) is 1.23. The molecule has 0 bridgehead atoms. The standard InChI is InChI=1S/C11H7N3O4/c1-18-11(15)5-4-9-8-3-2-7(14(16)17)6-10(8)13-12-9/h2-3,6H,1H3,(H,12,13). The van der Waals surface area contributed by atoms with E-state index >= 15 is 0 Å². The largest absolute Gasteiger partial charge is 0.459 e. The van der Waals surface area contributed by atoms with E-state index in [1.807, 2.05) is 0 Å². The maximum Gasteiger partial charge on any atom is 0.384 e. The zero-order valence-electron chi connectivity index (χ0n) is 9.26. The van der Waals surface area contributed by atoms with Gasteiger partial charge in [-0.3, -0.25) is 15.2 Å². The van der Waals surface area contributed by atoms with E-state index < -0.39 is 10.9 Å². The van der Waals surface area contributed by atoms with Gasteiger partial charge < -0.3 is 4.74 Å². The second kappa shape index (κ2) is 4.55. The minimum absolute atomic E-state index is 0.0542. The molecule has 0 spiro atoms. The molecule has 0 fully saturated rings. The number of hydrogen-bond acceptors (Lipinski definition) is 5. The van der Waals surface area contributed by atoms with Gasteiger partial charge in [-0.15, -0.1) is 0 Å². The molecule has 0 atom stereocenters. The molecule has 0 radical (unpaired) electrons. The van der Waals surface area contributed by atoms with E-state index in [1.165, 1.54) is 25.3 Å². The van der Waals surface area contributed by atoms with Gasteiger partial charge in [-0.2, -0.15) is 5.10 Å². The minimum Gasteiger partial charge on any atom is -0.459 e. The number of aromatic amines is 1. The first-order valence-corrected chi connectivity index (χ1v) is 4.84. The molecule has 1 aromatic heterocycles. The van der Waals surface area contributed by atoms with Crippen LogP contribution in [-0.4, -0.2) is 28.2 Å². The molecule has 7 heteroatoms. The average Bonchev–Trinajstić information content (AvgIpc) is 2.78. The van der Waals surface area contributed by atoms with Gasteiger partial charge in [-0.25, -0.2) is 4.79 Å². The lowest BCUT2D eigenvalue weighted by atomic mass is 10.2. The topological polar surface area (TPSA) is 98.1 Å². The number of benzene rings is 1. The van der Waals surface area contributed by atoms with Crippen LogP contribution >= 0.6 is 0 Å². The molecule has 2 rings (SSSR count). The number of esters is 1. The van der Waals surface area contributed by atoms with Crippen LogP contribution in [0.2, 0.25) is 0 Å². The Labute approximate surface area is 101 Å². The van der Waals surface area contributed by atoms with Crippen molar-refractivity contribution in [2.24, 2.45) is 0 Å². The Bertz CT molecular complexity index is 693. The number of aromatic nitrogens is 2. The van der Waals surface area contributed by atoms with Crippen molar-refractivity contribution >= 4 is 22.6 Å². The number of nitro benzene ring substituents is 1. The number of carbonyl (C=O) groups excluding carboxylic acids is 1. The Morgan fingerprint density at radius 2 is 2.33 bits per heavy atom. The fraction of sp³-hybridized carbons (Fsp3) is 0.0909. The molecule has 7 nitrogen and oxygen atoms in total. The molecule has 0 aliphatic carbocycles. The molecule has 90 valence electrons. The van der Waals surface area contributed by atoms with Gasteiger partial charge >= 0.3 is 5.97 Å². The number of ether oxygens (including phenoxy) is 1. The number of non-ortho nitro benzene ring substituents is 1. The summed E-state index contributed by atoms with van der Waals surface area (Å²) < 4.78 is 4.37. The van der Waals surface area contributed by atoms with Crippen LogP contribution in [0.1, 0.15) is 5.69 Å². The van der Waals surface area contributed by atoms with Gasteiger partial charge in [0.1, 0.15) is 11.2 Å². The molecular weight excluding hydrogens is 238 g/mol. The Hall–Kier alpha value is -2.88. The first kappa shape index (κ1) is 11.6.